The average Bonchev–Trinajstić information content (AvgIpc) is 3.35. The summed E-state index contributed by atoms with van der Waals surface area (Å²) in [6, 6.07) is 11.3. The van der Waals surface area contributed by atoms with Gasteiger partial charge >= 0.3 is 0 Å². The van der Waals surface area contributed by atoms with Gasteiger partial charge in [-0.25, -0.2) is 0 Å². The molecule has 3 heterocycles. The third kappa shape index (κ3) is 3.36. The molecular weight excluding hydrogens is 376 g/mol. The Hall–Kier alpha value is -3.20. The highest BCUT2D eigenvalue weighted by Gasteiger charge is 2.24. The molecule has 0 spiro atoms. The van der Waals surface area contributed by atoms with Gasteiger partial charge in [-0.05, 0) is 43.3 Å². The summed E-state index contributed by atoms with van der Waals surface area (Å²) in [6.45, 7) is 1.91. The van der Waals surface area contributed by atoms with Crippen molar-refractivity contribution < 1.29 is 9.26 Å². The van der Waals surface area contributed by atoms with Crippen molar-refractivity contribution in [1.82, 2.24) is 29.9 Å². The van der Waals surface area contributed by atoms with Gasteiger partial charge in [-0.3, -0.25) is 4.98 Å². The van der Waals surface area contributed by atoms with Crippen LogP contribution in [0.3, 0.4) is 0 Å². The lowest BCUT2D eigenvalue weighted by Crippen LogP contribution is -2.05. The lowest BCUT2D eigenvalue weighted by Gasteiger charge is -2.07. The Morgan fingerprint density at radius 1 is 1.11 bits per heavy atom. The highest BCUT2D eigenvalue weighted by Crippen LogP contribution is 2.29. The molecule has 9 heteroatoms. The fourth-order valence-corrected chi connectivity index (χ4v) is 3.16. The van der Waals surface area contributed by atoms with Gasteiger partial charge < -0.3 is 13.8 Å². The Labute approximate surface area is 167 Å². The Balaban J connectivity index is 1.62. The molecule has 8 nitrogen and oxygen atoms in total. The van der Waals surface area contributed by atoms with E-state index in [1.54, 1.807) is 13.3 Å². The summed E-state index contributed by atoms with van der Waals surface area (Å²) >= 11 is 4.64. The normalized spacial score (nSPS) is 12.1. The number of hydrogen-bond acceptors (Lipinski definition) is 8. The molecule has 1 atom stereocenters. The number of methoxy groups -OCH3 is 1. The number of pyridine rings is 1. The molecule has 0 aliphatic heterocycles. The quantitative estimate of drug-likeness (QED) is 0.519. The second-order valence-corrected chi connectivity index (χ2v) is 6.73. The van der Waals surface area contributed by atoms with Gasteiger partial charge in [-0.2, -0.15) is 17.6 Å². The van der Waals surface area contributed by atoms with Crippen molar-refractivity contribution in [1.29, 1.82) is 0 Å². The standard InChI is InChI=1S/C19H18N6O2S/c1-11-10-13(8-9-20-11)19-21-16(24-27-19)15(28)18-23-22-17(25(18)2)12-4-6-14(26-3)7-5-12/h4-10,15,28H,1-3H3. The van der Waals surface area contributed by atoms with Crippen molar-refractivity contribution >= 4 is 12.6 Å². The topological polar surface area (TPSA) is 91.8 Å². The monoisotopic (exact) mass is 394 g/mol. The molecule has 0 amide bonds. The minimum atomic E-state index is -0.482. The minimum absolute atomic E-state index is 0.414. The SMILES string of the molecule is COc1ccc(-c2nnc(C(S)c3noc(-c4ccnc(C)c4)n3)n2C)cc1. The van der Waals surface area contributed by atoms with Crippen LogP contribution in [0.15, 0.2) is 47.1 Å². The molecule has 3 aromatic heterocycles. The third-order valence-electron chi connectivity index (χ3n) is 4.33. The van der Waals surface area contributed by atoms with E-state index in [9.17, 15) is 0 Å². The number of hydrogen-bond donors (Lipinski definition) is 1. The van der Waals surface area contributed by atoms with Gasteiger partial charge in [0.25, 0.3) is 5.89 Å². The van der Waals surface area contributed by atoms with E-state index >= 15 is 0 Å². The van der Waals surface area contributed by atoms with Crippen LogP contribution >= 0.6 is 12.6 Å². The van der Waals surface area contributed by atoms with E-state index in [4.69, 9.17) is 9.26 Å². The molecule has 4 aromatic rings. The number of thiol groups is 1. The highest BCUT2D eigenvalue weighted by atomic mass is 32.1. The zero-order chi connectivity index (χ0) is 19.7. The predicted molar refractivity (Wildman–Crippen MR) is 106 cm³/mol. The molecule has 1 aromatic carbocycles. The molecule has 0 aliphatic carbocycles. The molecule has 0 saturated heterocycles. The first-order chi connectivity index (χ1) is 13.6. The van der Waals surface area contributed by atoms with Crippen molar-refractivity contribution in [3.05, 3.63) is 59.9 Å². The van der Waals surface area contributed by atoms with Crippen molar-refractivity contribution in [2.75, 3.05) is 7.11 Å². The van der Waals surface area contributed by atoms with E-state index in [1.165, 1.54) is 0 Å². The van der Waals surface area contributed by atoms with Crippen molar-refractivity contribution in [2.45, 2.75) is 12.2 Å². The zero-order valence-corrected chi connectivity index (χ0v) is 16.5. The molecule has 0 fully saturated rings. The van der Waals surface area contributed by atoms with E-state index < -0.39 is 5.25 Å². The molecule has 28 heavy (non-hydrogen) atoms. The lowest BCUT2D eigenvalue weighted by molar-refractivity contribution is 0.415. The van der Waals surface area contributed by atoms with E-state index in [1.807, 2.05) is 54.9 Å². The van der Waals surface area contributed by atoms with Crippen molar-refractivity contribution in [3.8, 4) is 28.6 Å². The van der Waals surface area contributed by atoms with Crippen LogP contribution in [0.5, 0.6) is 5.75 Å². The number of nitrogens with zero attached hydrogens (tertiary/aromatic N) is 6. The number of ether oxygens (including phenoxy) is 1. The zero-order valence-electron chi connectivity index (χ0n) is 15.6. The van der Waals surface area contributed by atoms with E-state index in [-0.39, 0.29) is 0 Å². The van der Waals surface area contributed by atoms with Crippen LogP contribution in [0.4, 0.5) is 0 Å². The maximum atomic E-state index is 5.40. The Morgan fingerprint density at radius 2 is 1.89 bits per heavy atom. The summed E-state index contributed by atoms with van der Waals surface area (Å²) in [7, 11) is 3.51. The molecule has 0 radical (unpaired) electrons. The van der Waals surface area contributed by atoms with Gasteiger partial charge in [0.15, 0.2) is 17.5 Å². The Kier molecular flexibility index (Phi) is 4.82. The van der Waals surface area contributed by atoms with Crippen LogP contribution in [0.2, 0.25) is 0 Å². The van der Waals surface area contributed by atoms with Crippen LogP contribution in [-0.2, 0) is 7.05 Å². The Bertz CT molecular complexity index is 1110. The van der Waals surface area contributed by atoms with Gasteiger partial charge in [0, 0.05) is 30.1 Å². The molecule has 0 bridgehead atoms. The molecule has 4 rings (SSSR count). The van der Waals surface area contributed by atoms with Crippen molar-refractivity contribution in [3.63, 3.8) is 0 Å². The summed E-state index contributed by atoms with van der Waals surface area (Å²) < 4.78 is 12.5. The second kappa shape index (κ2) is 7.43. The first-order valence-electron chi connectivity index (χ1n) is 8.55. The van der Waals surface area contributed by atoms with E-state index in [0.29, 0.717) is 23.4 Å². The maximum Gasteiger partial charge on any atom is 0.258 e. The lowest BCUT2D eigenvalue weighted by atomic mass is 10.2. The summed E-state index contributed by atoms with van der Waals surface area (Å²) in [6.07, 6.45) is 1.70. The van der Waals surface area contributed by atoms with Crippen LogP contribution in [0.25, 0.3) is 22.8 Å². The minimum Gasteiger partial charge on any atom is -0.497 e. The second-order valence-electron chi connectivity index (χ2n) is 6.22. The van der Waals surface area contributed by atoms with Gasteiger partial charge in [-0.1, -0.05) is 5.16 Å². The van der Waals surface area contributed by atoms with E-state index in [2.05, 4.69) is 38.0 Å². The number of aryl methyl sites for hydroxylation is 1. The van der Waals surface area contributed by atoms with E-state index in [0.717, 1.165) is 22.6 Å². The summed E-state index contributed by atoms with van der Waals surface area (Å²) in [5.74, 6) is 2.95. The van der Waals surface area contributed by atoms with Gasteiger partial charge in [0.2, 0.25) is 0 Å². The average molecular weight is 394 g/mol. The van der Waals surface area contributed by atoms with Crippen LogP contribution < -0.4 is 4.74 Å². The highest BCUT2D eigenvalue weighted by molar-refractivity contribution is 7.80. The van der Waals surface area contributed by atoms with Gasteiger partial charge in [0.1, 0.15) is 11.0 Å². The molecule has 0 saturated carbocycles. The fraction of sp³-hybridized carbons (Fsp3) is 0.211. The first-order valence-corrected chi connectivity index (χ1v) is 9.07. The van der Waals surface area contributed by atoms with Crippen LogP contribution in [0.1, 0.15) is 22.6 Å². The summed E-state index contributed by atoms with van der Waals surface area (Å²) in [5, 5.41) is 12.2. The summed E-state index contributed by atoms with van der Waals surface area (Å²) in [5.41, 5.74) is 2.60. The molecule has 0 N–H and O–H groups in total. The van der Waals surface area contributed by atoms with Crippen molar-refractivity contribution in [2.24, 2.45) is 7.05 Å². The van der Waals surface area contributed by atoms with Crippen LogP contribution in [-0.4, -0.2) is 37.0 Å². The Morgan fingerprint density at radius 3 is 2.61 bits per heavy atom. The van der Waals surface area contributed by atoms with Gasteiger partial charge in [0.05, 0.1) is 7.11 Å². The third-order valence-corrected chi connectivity index (χ3v) is 4.79. The van der Waals surface area contributed by atoms with Gasteiger partial charge in [-0.15, -0.1) is 10.2 Å². The maximum absolute atomic E-state index is 5.40. The first kappa shape index (κ1) is 18.2. The molecule has 1 unspecified atom stereocenters. The summed E-state index contributed by atoms with van der Waals surface area (Å²) in [4.78, 5) is 8.64. The molecule has 142 valence electrons. The number of rotatable bonds is 5. The molecule has 0 aliphatic rings. The molecular formula is C19H18N6O2S. The number of aromatic nitrogens is 6. The fourth-order valence-electron chi connectivity index (χ4n) is 2.83. The van der Waals surface area contributed by atoms with Crippen LogP contribution in [0, 0.1) is 6.92 Å². The smallest absolute Gasteiger partial charge is 0.258 e. The number of benzene rings is 1. The predicted octanol–water partition coefficient (Wildman–Crippen LogP) is 3.26. The largest absolute Gasteiger partial charge is 0.497 e.